The summed E-state index contributed by atoms with van der Waals surface area (Å²) in [5.41, 5.74) is 1.12. The van der Waals surface area contributed by atoms with Crippen molar-refractivity contribution in [3.05, 3.63) is 11.6 Å². The van der Waals surface area contributed by atoms with Crippen molar-refractivity contribution >= 4 is 11.8 Å². The summed E-state index contributed by atoms with van der Waals surface area (Å²) < 4.78 is 0. The summed E-state index contributed by atoms with van der Waals surface area (Å²) in [6, 6.07) is 0.859. The highest BCUT2D eigenvalue weighted by molar-refractivity contribution is 5.88. The molecule has 0 aromatic heterocycles. The van der Waals surface area contributed by atoms with Crippen molar-refractivity contribution in [3.8, 4) is 0 Å². The molecule has 4 heteroatoms. The van der Waals surface area contributed by atoms with E-state index in [-0.39, 0.29) is 5.91 Å². The molecule has 2 amide bonds. The van der Waals surface area contributed by atoms with Gasteiger partial charge in [0.2, 0.25) is 11.8 Å². The Morgan fingerprint density at radius 2 is 1.65 bits per heavy atom. The van der Waals surface area contributed by atoms with Gasteiger partial charge in [-0.05, 0) is 69.6 Å². The third-order valence-corrected chi connectivity index (χ3v) is 7.53. The van der Waals surface area contributed by atoms with Crippen LogP contribution in [0, 0.1) is 23.7 Å². The fourth-order valence-electron chi connectivity index (χ4n) is 5.97. The predicted octanol–water partition coefficient (Wildman–Crippen LogP) is 3.66. The molecule has 2 aliphatic heterocycles. The highest BCUT2D eigenvalue weighted by Gasteiger charge is 2.58. The van der Waals surface area contributed by atoms with E-state index in [0.717, 1.165) is 44.2 Å². The minimum Gasteiger partial charge on any atom is -0.352 e. The molecule has 4 nitrogen and oxygen atoms in total. The van der Waals surface area contributed by atoms with Crippen molar-refractivity contribution in [1.82, 2.24) is 10.2 Å². The Bertz CT molecular complexity index is 573. The second-order valence-corrected chi connectivity index (χ2v) is 9.20. The quantitative estimate of drug-likeness (QED) is 0.763. The molecule has 144 valence electrons. The Kier molecular flexibility index (Phi) is 5.11. The minimum absolute atomic E-state index is 0.0391. The van der Waals surface area contributed by atoms with E-state index in [2.05, 4.69) is 17.1 Å². The molecule has 4 rings (SSSR count). The topological polar surface area (TPSA) is 49.4 Å². The number of hydrogen-bond acceptors (Lipinski definition) is 2. The van der Waals surface area contributed by atoms with E-state index in [1.807, 2.05) is 6.92 Å². The van der Waals surface area contributed by atoms with Gasteiger partial charge in [0.1, 0.15) is 0 Å². The standard InChI is InChI=1S/C22H34N2O2/c1-3-14(2)10-20(25)23-13-15-11-16-8-9-17(12-15)24(16)22(26)21-18-6-4-5-7-19(18)21/h10,15-19,21H,3-9,11-13H2,1-2H3,(H,23,25)/t15?,16-,17+,18?,19?,21?. The maximum absolute atomic E-state index is 13.2. The first-order valence-electron chi connectivity index (χ1n) is 10.9. The van der Waals surface area contributed by atoms with Crippen LogP contribution < -0.4 is 5.32 Å². The Balaban J connectivity index is 1.30. The van der Waals surface area contributed by atoms with Crippen LogP contribution in [0.3, 0.4) is 0 Å². The predicted molar refractivity (Wildman–Crippen MR) is 102 cm³/mol. The molecule has 3 unspecified atom stereocenters. The maximum Gasteiger partial charge on any atom is 0.243 e. The van der Waals surface area contributed by atoms with Crippen LogP contribution in [0.25, 0.3) is 0 Å². The summed E-state index contributed by atoms with van der Waals surface area (Å²) in [4.78, 5) is 27.5. The lowest BCUT2D eigenvalue weighted by molar-refractivity contribution is -0.138. The number of nitrogens with one attached hydrogen (secondary N) is 1. The zero-order valence-corrected chi connectivity index (χ0v) is 16.4. The number of carbonyl (C=O) groups excluding carboxylic acids is 2. The van der Waals surface area contributed by atoms with Gasteiger partial charge in [0.25, 0.3) is 0 Å². The summed E-state index contributed by atoms with van der Waals surface area (Å²) in [7, 11) is 0. The van der Waals surface area contributed by atoms with Gasteiger partial charge in [-0.2, -0.15) is 0 Å². The number of amides is 2. The monoisotopic (exact) mass is 358 g/mol. The minimum atomic E-state index is 0.0391. The lowest BCUT2D eigenvalue weighted by atomic mass is 9.90. The van der Waals surface area contributed by atoms with Crippen LogP contribution in [-0.4, -0.2) is 35.3 Å². The van der Waals surface area contributed by atoms with Gasteiger partial charge >= 0.3 is 0 Å². The molecule has 2 bridgehead atoms. The second kappa shape index (κ2) is 7.36. The summed E-state index contributed by atoms with van der Waals surface area (Å²) >= 11 is 0. The number of hydrogen-bond donors (Lipinski definition) is 1. The van der Waals surface area contributed by atoms with Crippen molar-refractivity contribution < 1.29 is 9.59 Å². The molecule has 4 fully saturated rings. The van der Waals surface area contributed by atoms with Crippen LogP contribution in [0.15, 0.2) is 11.6 Å². The average Bonchev–Trinajstić information content (AvgIpc) is 3.31. The SMILES string of the molecule is CCC(C)=CC(=O)NCC1C[C@H]2CC[C@@H](C1)N2C(=O)C1C2CCCCC21. The zero-order valence-electron chi connectivity index (χ0n) is 16.4. The van der Waals surface area contributed by atoms with Gasteiger partial charge in [-0.15, -0.1) is 0 Å². The molecule has 1 N–H and O–H groups in total. The lowest BCUT2D eigenvalue weighted by Gasteiger charge is -2.39. The van der Waals surface area contributed by atoms with Gasteiger partial charge in [0.15, 0.2) is 0 Å². The van der Waals surface area contributed by atoms with E-state index >= 15 is 0 Å². The first kappa shape index (κ1) is 18.1. The van der Waals surface area contributed by atoms with E-state index in [0.29, 0.717) is 41.7 Å². The number of rotatable bonds is 5. The van der Waals surface area contributed by atoms with E-state index in [1.165, 1.54) is 25.7 Å². The lowest BCUT2D eigenvalue weighted by Crippen LogP contribution is -2.49. The van der Waals surface area contributed by atoms with Gasteiger partial charge in [-0.3, -0.25) is 9.59 Å². The van der Waals surface area contributed by atoms with Crippen molar-refractivity contribution in [2.75, 3.05) is 6.54 Å². The van der Waals surface area contributed by atoms with E-state index in [9.17, 15) is 9.59 Å². The molecular formula is C22H34N2O2. The van der Waals surface area contributed by atoms with Crippen molar-refractivity contribution in [3.63, 3.8) is 0 Å². The third kappa shape index (κ3) is 3.44. The number of carbonyl (C=O) groups is 2. The molecule has 0 aromatic rings. The summed E-state index contributed by atoms with van der Waals surface area (Å²) in [5.74, 6) is 2.83. The van der Waals surface area contributed by atoms with Gasteiger partial charge < -0.3 is 10.2 Å². The zero-order chi connectivity index (χ0) is 18.3. The molecule has 2 saturated heterocycles. The van der Waals surface area contributed by atoms with Crippen LogP contribution >= 0.6 is 0 Å². The van der Waals surface area contributed by atoms with E-state index in [4.69, 9.17) is 0 Å². The number of nitrogens with zero attached hydrogens (tertiary/aromatic N) is 1. The smallest absolute Gasteiger partial charge is 0.243 e. The Labute approximate surface area is 157 Å². The van der Waals surface area contributed by atoms with Crippen LogP contribution in [0.2, 0.25) is 0 Å². The van der Waals surface area contributed by atoms with Crippen LogP contribution in [-0.2, 0) is 9.59 Å². The fourth-order valence-corrected chi connectivity index (χ4v) is 5.97. The number of piperidine rings is 1. The average molecular weight is 359 g/mol. The first-order valence-corrected chi connectivity index (χ1v) is 10.9. The fraction of sp³-hybridized carbons (Fsp3) is 0.818. The van der Waals surface area contributed by atoms with Gasteiger partial charge in [-0.1, -0.05) is 25.3 Å². The van der Waals surface area contributed by atoms with Crippen molar-refractivity contribution in [1.29, 1.82) is 0 Å². The Morgan fingerprint density at radius 3 is 2.23 bits per heavy atom. The molecule has 2 saturated carbocycles. The highest BCUT2D eigenvalue weighted by atomic mass is 16.2. The summed E-state index contributed by atoms with van der Waals surface area (Å²) in [5, 5.41) is 3.09. The number of allylic oxidation sites excluding steroid dienone is 1. The summed E-state index contributed by atoms with van der Waals surface area (Å²) in [6.07, 6.45) is 12.3. The molecule has 5 atom stereocenters. The molecule has 2 heterocycles. The molecule has 0 radical (unpaired) electrons. The summed E-state index contributed by atoms with van der Waals surface area (Å²) in [6.45, 7) is 4.83. The van der Waals surface area contributed by atoms with Gasteiger partial charge in [0.05, 0.1) is 0 Å². The Hall–Kier alpha value is -1.32. The Morgan fingerprint density at radius 1 is 1.04 bits per heavy atom. The van der Waals surface area contributed by atoms with Crippen molar-refractivity contribution in [2.24, 2.45) is 23.7 Å². The molecule has 0 spiro atoms. The largest absolute Gasteiger partial charge is 0.352 e. The maximum atomic E-state index is 13.2. The van der Waals surface area contributed by atoms with Gasteiger partial charge in [-0.25, -0.2) is 0 Å². The normalized spacial score (nSPS) is 38.7. The van der Waals surface area contributed by atoms with Crippen LogP contribution in [0.5, 0.6) is 0 Å². The molecule has 0 aromatic carbocycles. The first-order chi connectivity index (χ1) is 12.6. The van der Waals surface area contributed by atoms with Gasteiger partial charge in [0, 0.05) is 30.6 Å². The van der Waals surface area contributed by atoms with E-state index < -0.39 is 0 Å². The second-order valence-electron chi connectivity index (χ2n) is 9.20. The highest BCUT2D eigenvalue weighted by Crippen LogP contribution is 2.57. The van der Waals surface area contributed by atoms with Crippen molar-refractivity contribution in [2.45, 2.75) is 83.7 Å². The van der Waals surface area contributed by atoms with Crippen LogP contribution in [0.1, 0.15) is 71.6 Å². The molecule has 26 heavy (non-hydrogen) atoms. The number of fused-ring (bicyclic) bond motifs is 3. The molecule has 4 aliphatic rings. The third-order valence-electron chi connectivity index (χ3n) is 7.53. The van der Waals surface area contributed by atoms with Crippen LogP contribution in [0.4, 0.5) is 0 Å². The molecular weight excluding hydrogens is 324 g/mol. The van der Waals surface area contributed by atoms with E-state index in [1.54, 1.807) is 6.08 Å². The molecule has 2 aliphatic carbocycles.